The molecule has 0 amide bonds. The van der Waals surface area contributed by atoms with Gasteiger partial charge >= 0.3 is 0 Å². The first-order valence-corrected chi connectivity index (χ1v) is 21.7. The van der Waals surface area contributed by atoms with E-state index in [1.54, 1.807) is 12.4 Å². The Morgan fingerprint density at radius 2 is 0.639 bits per heavy atom. The molecule has 0 atom stereocenters. The molecule has 8 aromatic rings. The van der Waals surface area contributed by atoms with Crippen LogP contribution in [-0.4, -0.2) is 19.9 Å². The predicted octanol–water partition coefficient (Wildman–Crippen LogP) is 15.4. The molecule has 5 heteroatoms. The van der Waals surface area contributed by atoms with Crippen LogP contribution in [0.3, 0.4) is 0 Å². The van der Waals surface area contributed by atoms with Crippen LogP contribution in [0, 0.1) is 83.1 Å². The van der Waals surface area contributed by atoms with Gasteiger partial charge in [0, 0.05) is 44.7 Å². The van der Waals surface area contributed by atoms with Crippen LogP contribution in [0.25, 0.3) is 56.3 Å². The highest BCUT2D eigenvalue weighted by Gasteiger charge is 2.17. The second-order valence-electron chi connectivity index (χ2n) is 16.7. The van der Waals surface area contributed by atoms with Crippen molar-refractivity contribution >= 4 is 15.9 Å². The fourth-order valence-electron chi connectivity index (χ4n) is 8.14. The fourth-order valence-corrected chi connectivity index (χ4v) is 8.41. The van der Waals surface area contributed by atoms with Crippen molar-refractivity contribution in [1.29, 1.82) is 0 Å². The van der Waals surface area contributed by atoms with Gasteiger partial charge < -0.3 is 0 Å². The van der Waals surface area contributed by atoms with Crippen molar-refractivity contribution in [2.24, 2.45) is 0 Å². The molecule has 308 valence electrons. The van der Waals surface area contributed by atoms with Crippen LogP contribution in [0.4, 0.5) is 0 Å². The summed E-state index contributed by atoms with van der Waals surface area (Å²) in [5, 5.41) is 0. The molecule has 0 saturated carbocycles. The Kier molecular flexibility index (Phi) is 14.3. The summed E-state index contributed by atoms with van der Waals surface area (Å²) in [5.74, 6) is 0. The predicted molar refractivity (Wildman–Crippen MR) is 262 cm³/mol. The zero-order chi connectivity index (χ0) is 44.0. The number of benzene rings is 6. The SMILES string of the molecule is Cc1cc(C)cc(-c2ncc(-c3c(C)cccc3C)nc2-c2cc(C)cc(C)c2)c1.Cc1cc(C)cc(-c2nccnc2-c2cc(C)cc(C)c2)c1.Cc1cccc(C)c1Br. The molecular weight excluding hydrogens is 809 g/mol. The van der Waals surface area contributed by atoms with E-state index >= 15 is 0 Å². The fraction of sp³-hybridized carbons (Fsp3) is 0.214. The average molecular weight is 866 g/mol. The molecule has 0 saturated heterocycles. The third kappa shape index (κ3) is 11.2. The Balaban J connectivity index is 0.000000175. The Morgan fingerprint density at radius 1 is 0.344 bits per heavy atom. The summed E-state index contributed by atoms with van der Waals surface area (Å²) in [6, 6.07) is 38.8. The standard InChI is InChI=1S/C28H28N2.C20H20N2.C8H9Br/c1-17-10-18(2)13-23(12-17)27-28(24-14-19(3)11-20(4)15-24)30-25(16-29-27)26-21(5)8-7-9-22(26)6;1-13-7-14(2)10-17(9-13)19-20(22-6-5-21-19)18-11-15(3)8-16(4)12-18;1-6-4-3-5-7(2)8(6)9/h7-16H,1-6H3;5-12H,1-4H3;3-5H,1-2H3. The van der Waals surface area contributed by atoms with Crippen LogP contribution < -0.4 is 0 Å². The molecule has 0 fully saturated rings. The number of rotatable bonds is 5. The second-order valence-corrected chi connectivity index (χ2v) is 17.5. The summed E-state index contributed by atoms with van der Waals surface area (Å²) >= 11 is 3.48. The van der Waals surface area contributed by atoms with Gasteiger partial charge in [-0.05, 0) is 154 Å². The van der Waals surface area contributed by atoms with E-state index in [4.69, 9.17) is 9.97 Å². The van der Waals surface area contributed by atoms with Crippen molar-refractivity contribution in [2.75, 3.05) is 0 Å². The zero-order valence-corrected chi connectivity index (χ0v) is 39.4. The molecule has 8 rings (SSSR count). The molecule has 0 spiro atoms. The lowest BCUT2D eigenvalue weighted by molar-refractivity contribution is 1.19. The quantitative estimate of drug-likeness (QED) is 0.173. The molecule has 61 heavy (non-hydrogen) atoms. The third-order valence-corrected chi connectivity index (χ3v) is 11.8. The Labute approximate surface area is 372 Å². The summed E-state index contributed by atoms with van der Waals surface area (Å²) in [6.45, 7) is 25.5. The molecule has 0 bridgehead atoms. The Hall–Kier alpha value is -6.04. The summed E-state index contributed by atoms with van der Waals surface area (Å²) in [4.78, 5) is 19.4. The second kappa shape index (κ2) is 19.6. The number of hydrogen-bond donors (Lipinski definition) is 0. The van der Waals surface area contributed by atoms with E-state index in [1.807, 2.05) is 6.20 Å². The van der Waals surface area contributed by atoms with Crippen LogP contribution in [-0.2, 0) is 0 Å². The molecule has 0 aliphatic heterocycles. The maximum Gasteiger partial charge on any atom is 0.0972 e. The molecule has 0 aliphatic rings. The monoisotopic (exact) mass is 864 g/mol. The van der Waals surface area contributed by atoms with Crippen LogP contribution in [0.1, 0.15) is 66.8 Å². The molecule has 0 unspecified atom stereocenters. The number of nitrogens with zero attached hydrogens (tertiary/aromatic N) is 4. The number of halogens is 1. The van der Waals surface area contributed by atoms with Crippen molar-refractivity contribution in [2.45, 2.75) is 83.1 Å². The largest absolute Gasteiger partial charge is 0.252 e. The summed E-state index contributed by atoms with van der Waals surface area (Å²) in [7, 11) is 0. The minimum atomic E-state index is 0.924. The van der Waals surface area contributed by atoms with Gasteiger partial charge in [0.15, 0.2) is 0 Å². The smallest absolute Gasteiger partial charge is 0.0972 e. The average Bonchev–Trinajstić information content (AvgIpc) is 3.19. The normalized spacial score (nSPS) is 10.7. The van der Waals surface area contributed by atoms with Crippen LogP contribution >= 0.6 is 15.9 Å². The van der Waals surface area contributed by atoms with Gasteiger partial charge in [0.1, 0.15) is 0 Å². The lowest BCUT2D eigenvalue weighted by Gasteiger charge is -2.15. The van der Waals surface area contributed by atoms with Crippen molar-refractivity contribution in [3.8, 4) is 56.3 Å². The Morgan fingerprint density at radius 3 is 0.967 bits per heavy atom. The van der Waals surface area contributed by atoms with E-state index in [1.165, 1.54) is 76.8 Å². The van der Waals surface area contributed by atoms with Gasteiger partial charge in [0.05, 0.1) is 34.7 Å². The molecule has 2 heterocycles. The topological polar surface area (TPSA) is 51.6 Å². The summed E-state index contributed by atoms with van der Waals surface area (Å²) < 4.78 is 1.23. The first-order chi connectivity index (χ1) is 29.1. The molecular formula is C56H57BrN4. The van der Waals surface area contributed by atoms with E-state index < -0.39 is 0 Å². The molecule has 6 aromatic carbocycles. The summed E-state index contributed by atoms with van der Waals surface area (Å²) in [5.41, 5.74) is 25.3. The number of hydrogen-bond acceptors (Lipinski definition) is 4. The third-order valence-electron chi connectivity index (χ3n) is 10.6. The van der Waals surface area contributed by atoms with E-state index in [9.17, 15) is 0 Å². The van der Waals surface area contributed by atoms with Crippen molar-refractivity contribution in [3.63, 3.8) is 0 Å². The van der Waals surface area contributed by atoms with E-state index in [0.717, 1.165) is 50.7 Å². The highest BCUT2D eigenvalue weighted by Crippen LogP contribution is 2.35. The molecule has 4 nitrogen and oxygen atoms in total. The molecule has 0 N–H and O–H groups in total. The van der Waals surface area contributed by atoms with Gasteiger partial charge in [-0.25, -0.2) is 4.98 Å². The molecule has 2 aromatic heterocycles. The first kappa shape index (κ1) is 44.5. The lowest BCUT2D eigenvalue weighted by Crippen LogP contribution is -1.99. The van der Waals surface area contributed by atoms with Crippen LogP contribution in [0.15, 0.2) is 132 Å². The molecule has 0 aliphatic carbocycles. The Bertz CT molecular complexity index is 2660. The van der Waals surface area contributed by atoms with Crippen molar-refractivity contribution in [3.05, 3.63) is 199 Å². The maximum absolute atomic E-state index is 5.19. The van der Waals surface area contributed by atoms with E-state index in [2.05, 4.69) is 218 Å². The van der Waals surface area contributed by atoms with Gasteiger partial charge in [0.2, 0.25) is 0 Å². The van der Waals surface area contributed by atoms with Gasteiger partial charge in [-0.2, -0.15) is 0 Å². The van der Waals surface area contributed by atoms with E-state index in [-0.39, 0.29) is 0 Å². The zero-order valence-electron chi connectivity index (χ0n) is 37.8. The minimum absolute atomic E-state index is 0.924. The minimum Gasteiger partial charge on any atom is -0.252 e. The van der Waals surface area contributed by atoms with Gasteiger partial charge in [0.25, 0.3) is 0 Å². The van der Waals surface area contributed by atoms with Crippen LogP contribution in [0.2, 0.25) is 0 Å². The number of aryl methyl sites for hydroxylation is 12. The summed E-state index contributed by atoms with van der Waals surface area (Å²) in [6.07, 6.45) is 5.45. The first-order valence-electron chi connectivity index (χ1n) is 20.9. The molecule has 0 radical (unpaired) electrons. The van der Waals surface area contributed by atoms with Crippen LogP contribution in [0.5, 0.6) is 0 Å². The lowest BCUT2D eigenvalue weighted by atomic mass is 9.96. The highest BCUT2D eigenvalue weighted by molar-refractivity contribution is 9.10. The van der Waals surface area contributed by atoms with Crippen molar-refractivity contribution < 1.29 is 0 Å². The van der Waals surface area contributed by atoms with Gasteiger partial charge in [-0.3, -0.25) is 15.0 Å². The number of aromatic nitrogens is 4. The van der Waals surface area contributed by atoms with Crippen molar-refractivity contribution in [1.82, 2.24) is 19.9 Å². The van der Waals surface area contributed by atoms with Gasteiger partial charge in [-0.15, -0.1) is 0 Å². The maximum atomic E-state index is 5.19. The van der Waals surface area contributed by atoms with E-state index in [0.29, 0.717) is 0 Å². The van der Waals surface area contributed by atoms with Gasteiger partial charge in [-0.1, -0.05) is 121 Å². The highest BCUT2D eigenvalue weighted by atomic mass is 79.9.